The molecule has 3 nitrogen and oxygen atoms in total. The lowest BCUT2D eigenvalue weighted by Gasteiger charge is -2.04. The maximum Gasteiger partial charge on any atom is 0.225 e. The molecule has 0 aliphatic heterocycles. The van der Waals surface area contributed by atoms with E-state index in [-0.39, 0.29) is 5.91 Å². The third kappa shape index (κ3) is 4.21. The maximum atomic E-state index is 11.9. The number of hydrogen-bond acceptors (Lipinski definition) is 4. The monoisotopic (exact) mass is 440 g/mol. The molecule has 0 radical (unpaired) electrons. The molecule has 1 amide bonds. The van der Waals surface area contributed by atoms with Gasteiger partial charge in [0.2, 0.25) is 5.91 Å². The molecule has 112 valence electrons. The van der Waals surface area contributed by atoms with Gasteiger partial charge in [0.25, 0.3) is 0 Å². The minimum Gasteiger partial charge on any atom is -0.326 e. The Morgan fingerprint density at radius 2 is 1.95 bits per heavy atom. The fourth-order valence-electron chi connectivity index (χ4n) is 1.90. The van der Waals surface area contributed by atoms with Gasteiger partial charge in [-0.05, 0) is 59.0 Å². The Bertz CT molecular complexity index is 753. The number of halogens is 1. The number of nitrogens with zero attached hydrogens (tertiary/aromatic N) is 1. The first-order valence-corrected chi connectivity index (χ1v) is 9.62. The molecule has 0 bridgehead atoms. The molecule has 0 aliphatic carbocycles. The molecule has 1 aromatic heterocycles. The van der Waals surface area contributed by atoms with Crippen LogP contribution >= 0.6 is 45.7 Å². The van der Waals surface area contributed by atoms with Gasteiger partial charge in [0, 0.05) is 21.4 Å². The molecule has 3 rings (SSSR count). The van der Waals surface area contributed by atoms with Crippen molar-refractivity contribution in [3.05, 3.63) is 52.1 Å². The van der Waals surface area contributed by atoms with Gasteiger partial charge in [0.05, 0.1) is 10.2 Å². The fourth-order valence-corrected chi connectivity index (χ4v) is 4.34. The molecule has 1 N–H and O–H groups in total. The molecule has 3 aromatic rings. The molecule has 0 aliphatic rings. The topological polar surface area (TPSA) is 42.0 Å². The van der Waals surface area contributed by atoms with Gasteiger partial charge in [0.1, 0.15) is 0 Å². The Balaban J connectivity index is 1.49. The smallest absolute Gasteiger partial charge is 0.225 e. The summed E-state index contributed by atoms with van der Waals surface area (Å²) in [5.74, 6) is 0.769. The Hall–Kier alpha value is -1.12. The molecule has 0 unspecified atom stereocenters. The standard InChI is InChI=1S/C16H13IN2OS2/c17-11-5-7-12(8-6-11)18-15(20)9-10-21-16-19-13-3-1-2-4-14(13)22-16/h1-8H,9-10H2,(H,18,20). The summed E-state index contributed by atoms with van der Waals surface area (Å²) in [5, 5.41) is 2.91. The summed E-state index contributed by atoms with van der Waals surface area (Å²) in [4.78, 5) is 16.5. The van der Waals surface area contributed by atoms with E-state index in [2.05, 4.69) is 39.0 Å². The number of fused-ring (bicyclic) bond motifs is 1. The number of thioether (sulfide) groups is 1. The van der Waals surface area contributed by atoms with Crippen molar-refractivity contribution in [1.29, 1.82) is 0 Å². The van der Waals surface area contributed by atoms with Crippen LogP contribution in [0.4, 0.5) is 5.69 Å². The summed E-state index contributed by atoms with van der Waals surface area (Å²) in [7, 11) is 0. The number of thiazole rings is 1. The third-order valence-electron chi connectivity index (χ3n) is 2.96. The van der Waals surface area contributed by atoms with Crippen LogP contribution in [0.15, 0.2) is 52.9 Å². The molecule has 0 spiro atoms. The number of anilines is 1. The third-order valence-corrected chi connectivity index (χ3v) is 5.86. The highest BCUT2D eigenvalue weighted by atomic mass is 127. The lowest BCUT2D eigenvalue weighted by atomic mass is 10.3. The van der Waals surface area contributed by atoms with Crippen molar-refractivity contribution in [2.45, 2.75) is 10.8 Å². The lowest BCUT2D eigenvalue weighted by molar-refractivity contribution is -0.115. The molecular formula is C16H13IN2OS2. The van der Waals surface area contributed by atoms with Crippen molar-refractivity contribution in [3.63, 3.8) is 0 Å². The molecule has 6 heteroatoms. The molecule has 1 heterocycles. The molecule has 0 fully saturated rings. The first-order chi connectivity index (χ1) is 10.7. The van der Waals surface area contributed by atoms with Crippen molar-refractivity contribution in [1.82, 2.24) is 4.98 Å². The Kier molecular flexibility index (Phi) is 5.32. The summed E-state index contributed by atoms with van der Waals surface area (Å²) in [6.45, 7) is 0. The molecular weight excluding hydrogens is 427 g/mol. The van der Waals surface area contributed by atoms with Crippen molar-refractivity contribution < 1.29 is 4.79 Å². The van der Waals surface area contributed by atoms with Gasteiger partial charge in [-0.15, -0.1) is 11.3 Å². The molecule has 0 saturated heterocycles. The van der Waals surface area contributed by atoms with Crippen LogP contribution in [-0.2, 0) is 4.79 Å². The number of para-hydroxylation sites is 1. The van der Waals surface area contributed by atoms with Crippen molar-refractivity contribution in [2.24, 2.45) is 0 Å². The van der Waals surface area contributed by atoms with Crippen molar-refractivity contribution >= 4 is 67.5 Å². The number of carbonyl (C=O) groups excluding carboxylic acids is 1. The fraction of sp³-hybridized carbons (Fsp3) is 0.125. The van der Waals surface area contributed by atoms with E-state index in [9.17, 15) is 4.79 Å². The van der Waals surface area contributed by atoms with E-state index in [1.165, 1.54) is 4.70 Å². The normalized spacial score (nSPS) is 10.8. The number of amides is 1. The molecule has 0 atom stereocenters. The van der Waals surface area contributed by atoms with E-state index in [0.29, 0.717) is 6.42 Å². The highest BCUT2D eigenvalue weighted by molar-refractivity contribution is 14.1. The van der Waals surface area contributed by atoms with Crippen LogP contribution in [-0.4, -0.2) is 16.6 Å². The number of aromatic nitrogens is 1. The Labute approximate surface area is 150 Å². The van der Waals surface area contributed by atoms with Crippen LogP contribution in [0.2, 0.25) is 0 Å². The van der Waals surface area contributed by atoms with Crippen molar-refractivity contribution in [3.8, 4) is 0 Å². The van der Waals surface area contributed by atoms with Gasteiger partial charge < -0.3 is 5.32 Å². The van der Waals surface area contributed by atoms with E-state index in [4.69, 9.17) is 0 Å². The second kappa shape index (κ2) is 7.43. The van der Waals surface area contributed by atoms with Gasteiger partial charge in [-0.2, -0.15) is 0 Å². The summed E-state index contributed by atoms with van der Waals surface area (Å²) in [5.41, 5.74) is 1.87. The Morgan fingerprint density at radius 1 is 1.18 bits per heavy atom. The zero-order valence-corrected chi connectivity index (χ0v) is 15.4. The summed E-state index contributed by atoms with van der Waals surface area (Å²) < 4.78 is 3.36. The largest absolute Gasteiger partial charge is 0.326 e. The van der Waals surface area contributed by atoms with Gasteiger partial charge in [-0.1, -0.05) is 23.9 Å². The van der Waals surface area contributed by atoms with E-state index < -0.39 is 0 Å². The number of carbonyl (C=O) groups is 1. The molecule has 0 saturated carbocycles. The van der Waals surface area contributed by atoms with Gasteiger partial charge in [-0.25, -0.2) is 4.98 Å². The average molecular weight is 440 g/mol. The quantitative estimate of drug-likeness (QED) is 0.448. The van der Waals surface area contributed by atoms with E-state index in [1.54, 1.807) is 23.1 Å². The number of hydrogen-bond donors (Lipinski definition) is 1. The zero-order valence-electron chi connectivity index (χ0n) is 11.6. The van der Waals surface area contributed by atoms with Crippen LogP contribution in [0, 0.1) is 3.57 Å². The highest BCUT2D eigenvalue weighted by Crippen LogP contribution is 2.29. The van der Waals surface area contributed by atoms with E-state index in [1.807, 2.05) is 42.5 Å². The SMILES string of the molecule is O=C(CCSc1nc2ccccc2s1)Nc1ccc(I)cc1. The van der Waals surface area contributed by atoms with Gasteiger partial charge in [-0.3, -0.25) is 4.79 Å². The molecule has 22 heavy (non-hydrogen) atoms. The predicted molar refractivity (Wildman–Crippen MR) is 103 cm³/mol. The second-order valence-corrected chi connectivity index (χ2v) is 8.22. The van der Waals surface area contributed by atoms with Gasteiger partial charge >= 0.3 is 0 Å². The second-order valence-electron chi connectivity index (χ2n) is 4.60. The first-order valence-electron chi connectivity index (χ1n) is 6.74. The minimum absolute atomic E-state index is 0.0369. The summed E-state index contributed by atoms with van der Waals surface area (Å²) in [6.07, 6.45) is 0.479. The number of rotatable bonds is 5. The van der Waals surface area contributed by atoms with Crippen molar-refractivity contribution in [2.75, 3.05) is 11.1 Å². The maximum absolute atomic E-state index is 11.9. The van der Waals surface area contributed by atoms with E-state index in [0.717, 1.165) is 24.9 Å². The minimum atomic E-state index is 0.0369. The number of nitrogens with one attached hydrogen (secondary N) is 1. The Morgan fingerprint density at radius 3 is 2.73 bits per heavy atom. The zero-order chi connectivity index (χ0) is 15.4. The average Bonchev–Trinajstić information content (AvgIpc) is 2.92. The first kappa shape index (κ1) is 15.8. The van der Waals surface area contributed by atoms with E-state index >= 15 is 0 Å². The molecule has 2 aromatic carbocycles. The highest BCUT2D eigenvalue weighted by Gasteiger charge is 2.06. The lowest BCUT2D eigenvalue weighted by Crippen LogP contribution is -2.12. The predicted octanol–water partition coefficient (Wildman–Crippen LogP) is 5.02. The number of benzene rings is 2. The summed E-state index contributed by atoms with van der Waals surface area (Å²) >= 11 is 5.55. The van der Waals surface area contributed by atoms with Crippen LogP contribution < -0.4 is 5.32 Å². The van der Waals surface area contributed by atoms with Crippen LogP contribution in [0.25, 0.3) is 10.2 Å². The van der Waals surface area contributed by atoms with Crippen LogP contribution in [0.3, 0.4) is 0 Å². The van der Waals surface area contributed by atoms with Crippen LogP contribution in [0.5, 0.6) is 0 Å². The van der Waals surface area contributed by atoms with Gasteiger partial charge in [0.15, 0.2) is 4.34 Å². The van der Waals surface area contributed by atoms with Crippen LogP contribution in [0.1, 0.15) is 6.42 Å². The summed E-state index contributed by atoms with van der Waals surface area (Å²) in [6, 6.07) is 15.9.